The van der Waals surface area contributed by atoms with Gasteiger partial charge in [0.15, 0.2) is 6.61 Å². The molecule has 158 valence electrons. The monoisotopic (exact) mass is 403 g/mol. The molecule has 3 unspecified atom stereocenters. The molecule has 1 saturated heterocycles. The summed E-state index contributed by atoms with van der Waals surface area (Å²) in [5.74, 6) is 0.290. The fraction of sp³-hybridized carbons (Fsp3) is 0.619. The first kappa shape index (κ1) is 21.1. The molecule has 0 radical (unpaired) electrons. The Morgan fingerprint density at radius 2 is 1.93 bits per heavy atom. The molecule has 3 atom stereocenters. The van der Waals surface area contributed by atoms with Crippen molar-refractivity contribution in [3.8, 4) is 0 Å². The summed E-state index contributed by atoms with van der Waals surface area (Å²) < 4.78 is 5.06. The quantitative estimate of drug-likeness (QED) is 0.426. The van der Waals surface area contributed by atoms with E-state index in [-0.39, 0.29) is 23.2 Å². The summed E-state index contributed by atoms with van der Waals surface area (Å²) in [5, 5.41) is 14.4. The Kier molecular flexibility index (Phi) is 6.39. The highest BCUT2D eigenvalue weighted by molar-refractivity contribution is 5.93. The van der Waals surface area contributed by atoms with Gasteiger partial charge in [-0.25, -0.2) is 4.79 Å². The first-order chi connectivity index (χ1) is 13.7. The van der Waals surface area contributed by atoms with E-state index < -0.39 is 17.5 Å². The standard InChI is InChI=1S/C21H29N3O5/c1-13-8-14(2)11-23(10-13)18-7-6-17(9-19(18)24(27)28)21(26)29-12-20(25)22-15(3)16-4-5-16/h6-7,9,13-16H,4-5,8,10-12H2,1-3H3,(H,22,25). The van der Waals surface area contributed by atoms with E-state index in [1.807, 2.05) is 11.8 Å². The van der Waals surface area contributed by atoms with Crippen molar-refractivity contribution in [2.75, 3.05) is 24.6 Å². The number of ether oxygens (including phenoxy) is 1. The lowest BCUT2D eigenvalue weighted by molar-refractivity contribution is -0.384. The maximum absolute atomic E-state index is 12.3. The lowest BCUT2D eigenvalue weighted by Crippen LogP contribution is -2.39. The van der Waals surface area contributed by atoms with Crippen LogP contribution in [0.25, 0.3) is 0 Å². The van der Waals surface area contributed by atoms with Crippen LogP contribution in [0.4, 0.5) is 11.4 Å². The lowest BCUT2D eigenvalue weighted by atomic mass is 9.91. The number of carbonyl (C=O) groups excluding carboxylic acids is 2. The highest BCUT2D eigenvalue weighted by Gasteiger charge is 2.30. The van der Waals surface area contributed by atoms with Crippen molar-refractivity contribution in [2.24, 2.45) is 17.8 Å². The molecule has 8 heteroatoms. The Balaban J connectivity index is 1.66. The molecule has 1 aromatic carbocycles. The zero-order valence-corrected chi connectivity index (χ0v) is 17.2. The van der Waals surface area contributed by atoms with Crippen molar-refractivity contribution in [1.82, 2.24) is 5.32 Å². The molecule has 1 aromatic rings. The van der Waals surface area contributed by atoms with Crippen molar-refractivity contribution < 1.29 is 19.2 Å². The van der Waals surface area contributed by atoms with Crippen LogP contribution in [0.15, 0.2) is 18.2 Å². The predicted octanol–water partition coefficient (Wildman–Crippen LogP) is 3.15. The third-order valence-electron chi connectivity index (χ3n) is 5.67. The van der Waals surface area contributed by atoms with Gasteiger partial charge in [-0.3, -0.25) is 14.9 Å². The van der Waals surface area contributed by atoms with Crippen LogP contribution in [0, 0.1) is 27.9 Å². The molecule has 1 saturated carbocycles. The molecule has 3 rings (SSSR count). The number of hydrogen-bond donors (Lipinski definition) is 1. The number of nitro benzene ring substituents is 1. The van der Waals surface area contributed by atoms with Crippen LogP contribution in [0.3, 0.4) is 0 Å². The average Bonchev–Trinajstić information content (AvgIpc) is 3.50. The fourth-order valence-electron chi connectivity index (χ4n) is 4.15. The third kappa shape index (κ3) is 5.46. The van der Waals surface area contributed by atoms with Gasteiger partial charge >= 0.3 is 5.97 Å². The van der Waals surface area contributed by atoms with Crippen molar-refractivity contribution in [3.05, 3.63) is 33.9 Å². The molecule has 1 aliphatic carbocycles. The highest BCUT2D eigenvalue weighted by atomic mass is 16.6. The minimum absolute atomic E-state index is 0.0656. The van der Waals surface area contributed by atoms with Crippen LogP contribution >= 0.6 is 0 Å². The molecule has 1 aliphatic heterocycles. The molecule has 0 aromatic heterocycles. The van der Waals surface area contributed by atoms with Crippen molar-refractivity contribution in [3.63, 3.8) is 0 Å². The molecule has 2 aliphatic rings. The van der Waals surface area contributed by atoms with Crippen LogP contribution in [-0.4, -0.2) is 42.5 Å². The van der Waals surface area contributed by atoms with E-state index in [9.17, 15) is 19.7 Å². The van der Waals surface area contributed by atoms with E-state index in [0.717, 1.165) is 32.4 Å². The number of hydrogen-bond acceptors (Lipinski definition) is 6. The van der Waals surface area contributed by atoms with E-state index in [1.54, 1.807) is 6.07 Å². The number of nitrogens with one attached hydrogen (secondary N) is 1. The number of benzene rings is 1. The molecule has 0 spiro atoms. The molecule has 0 bridgehead atoms. The molecule has 2 fully saturated rings. The van der Waals surface area contributed by atoms with Crippen molar-refractivity contribution >= 4 is 23.3 Å². The summed E-state index contributed by atoms with van der Waals surface area (Å²) >= 11 is 0. The van der Waals surface area contributed by atoms with E-state index in [4.69, 9.17) is 4.74 Å². The van der Waals surface area contributed by atoms with Gasteiger partial charge in [-0.1, -0.05) is 13.8 Å². The van der Waals surface area contributed by atoms with E-state index in [1.165, 1.54) is 12.1 Å². The van der Waals surface area contributed by atoms with E-state index in [2.05, 4.69) is 19.2 Å². The Morgan fingerprint density at radius 1 is 1.28 bits per heavy atom. The number of rotatable bonds is 7. The number of anilines is 1. The topological polar surface area (TPSA) is 102 Å². The van der Waals surface area contributed by atoms with Gasteiger partial charge < -0.3 is 15.0 Å². The van der Waals surface area contributed by atoms with Crippen molar-refractivity contribution in [2.45, 2.75) is 46.1 Å². The van der Waals surface area contributed by atoms with Crippen LogP contribution in [0.5, 0.6) is 0 Å². The van der Waals surface area contributed by atoms with Gasteiger partial charge in [0, 0.05) is 25.2 Å². The van der Waals surface area contributed by atoms with Gasteiger partial charge in [-0.15, -0.1) is 0 Å². The molecule has 29 heavy (non-hydrogen) atoms. The SMILES string of the molecule is CC1CC(C)CN(c2ccc(C(=O)OCC(=O)NC(C)C3CC3)cc2[N+](=O)[O-])C1. The fourth-order valence-corrected chi connectivity index (χ4v) is 4.15. The van der Waals surface area contributed by atoms with Gasteiger partial charge in [0.05, 0.1) is 10.5 Å². The minimum atomic E-state index is -0.741. The largest absolute Gasteiger partial charge is 0.452 e. The summed E-state index contributed by atoms with van der Waals surface area (Å²) in [5.41, 5.74) is 0.468. The Morgan fingerprint density at radius 3 is 2.52 bits per heavy atom. The first-order valence-electron chi connectivity index (χ1n) is 10.2. The maximum Gasteiger partial charge on any atom is 0.338 e. The second-order valence-corrected chi connectivity index (χ2v) is 8.58. The Hall–Kier alpha value is -2.64. The Bertz CT molecular complexity index is 783. The molecular weight excluding hydrogens is 374 g/mol. The number of carbonyl (C=O) groups is 2. The van der Waals surface area contributed by atoms with Crippen LogP contribution in [0.2, 0.25) is 0 Å². The van der Waals surface area contributed by atoms with Gasteiger partial charge in [0.2, 0.25) is 0 Å². The summed E-state index contributed by atoms with van der Waals surface area (Å²) in [6.45, 7) is 7.29. The number of piperidine rings is 1. The maximum atomic E-state index is 12.3. The minimum Gasteiger partial charge on any atom is -0.452 e. The van der Waals surface area contributed by atoms with Gasteiger partial charge in [-0.2, -0.15) is 0 Å². The lowest BCUT2D eigenvalue weighted by Gasteiger charge is -2.36. The summed E-state index contributed by atoms with van der Waals surface area (Å²) in [7, 11) is 0. The predicted molar refractivity (Wildman–Crippen MR) is 109 cm³/mol. The normalized spacial score (nSPS) is 22.7. The van der Waals surface area contributed by atoms with Gasteiger partial charge in [-0.05, 0) is 56.1 Å². The highest BCUT2D eigenvalue weighted by Crippen LogP contribution is 2.34. The van der Waals surface area contributed by atoms with E-state index >= 15 is 0 Å². The van der Waals surface area contributed by atoms with Gasteiger partial charge in [0.25, 0.3) is 11.6 Å². The second-order valence-electron chi connectivity index (χ2n) is 8.58. The molecule has 1 N–H and O–H groups in total. The van der Waals surface area contributed by atoms with Gasteiger partial charge in [0.1, 0.15) is 5.69 Å². The summed E-state index contributed by atoms with van der Waals surface area (Å²) in [6, 6.07) is 4.44. The average molecular weight is 403 g/mol. The zero-order valence-electron chi connectivity index (χ0n) is 17.2. The zero-order chi connectivity index (χ0) is 21.1. The molecule has 8 nitrogen and oxygen atoms in total. The number of nitro groups is 1. The molecule has 1 amide bonds. The first-order valence-corrected chi connectivity index (χ1v) is 10.2. The number of amides is 1. The second kappa shape index (κ2) is 8.80. The van der Waals surface area contributed by atoms with Crippen LogP contribution < -0.4 is 10.2 Å². The van der Waals surface area contributed by atoms with E-state index in [0.29, 0.717) is 23.4 Å². The number of nitrogens with zero attached hydrogens (tertiary/aromatic N) is 2. The molecule has 1 heterocycles. The molecular formula is C21H29N3O5. The van der Waals surface area contributed by atoms with Crippen LogP contribution in [-0.2, 0) is 9.53 Å². The van der Waals surface area contributed by atoms with Crippen LogP contribution in [0.1, 0.15) is 50.4 Å². The number of esters is 1. The summed E-state index contributed by atoms with van der Waals surface area (Å²) in [6.07, 6.45) is 3.30. The van der Waals surface area contributed by atoms with Crippen molar-refractivity contribution in [1.29, 1.82) is 0 Å². The smallest absolute Gasteiger partial charge is 0.338 e. The summed E-state index contributed by atoms with van der Waals surface area (Å²) in [4.78, 5) is 37.4. The third-order valence-corrected chi connectivity index (χ3v) is 5.67. The Labute approximate surface area is 170 Å².